The zero-order chi connectivity index (χ0) is 42.3. The van der Waals surface area contributed by atoms with Crippen molar-refractivity contribution in [1.82, 2.24) is 25.3 Å². The van der Waals surface area contributed by atoms with Crippen LogP contribution < -0.4 is 16.4 Å². The highest BCUT2D eigenvalue weighted by Gasteiger charge is 2.43. The molecule has 1 aliphatic heterocycles. The highest BCUT2D eigenvalue weighted by Crippen LogP contribution is 2.30. The third kappa shape index (κ3) is 13.0. The Hall–Kier alpha value is -3.59. The number of methoxy groups -OCH3 is 3. The summed E-state index contributed by atoms with van der Waals surface area (Å²) in [5.74, 6) is -2.57. The largest absolute Gasteiger partial charge is 0.467 e. The molecule has 14 nitrogen and oxygen atoms in total. The summed E-state index contributed by atoms with van der Waals surface area (Å²) in [6.07, 6.45) is 1.02. The van der Waals surface area contributed by atoms with Gasteiger partial charge in [-0.3, -0.25) is 24.1 Å². The molecule has 4 amide bonds. The fourth-order valence-corrected chi connectivity index (χ4v) is 8.12. The van der Waals surface area contributed by atoms with Crippen LogP contribution in [0.1, 0.15) is 79.7 Å². The van der Waals surface area contributed by atoms with E-state index >= 15 is 0 Å². The standard InChI is InChI=1S/C42H72N6O8/c1-13-28(6)37(47(9)41(52)35(26(2)3)45-40(51)36(27(4)5)46(8)23-21-43)33(54-10)25-34(49)48-22-17-20-32(48)38(55-11)29(7)39(50)44-31(42(53)56-12)24-30-18-15-14-16-19-30/h14-16,18-19,26-29,31-33,35-38H,13,17,20-25,43H2,1-12H3,(H,44,50)(H,45,51)/t28-,29+,31-,32-,33+,35-,36-,37-,38+/m0/s1. The van der Waals surface area contributed by atoms with Crippen LogP contribution in [0, 0.1) is 23.7 Å². The lowest BCUT2D eigenvalue weighted by Gasteiger charge is -2.41. The van der Waals surface area contributed by atoms with Crippen molar-refractivity contribution in [3.05, 3.63) is 35.9 Å². The van der Waals surface area contributed by atoms with Gasteiger partial charge in [-0.1, -0.05) is 85.2 Å². The minimum atomic E-state index is -0.895. The normalized spacial score (nSPS) is 18.8. The van der Waals surface area contributed by atoms with Crippen molar-refractivity contribution in [2.75, 3.05) is 55.1 Å². The van der Waals surface area contributed by atoms with Gasteiger partial charge in [-0.15, -0.1) is 0 Å². The number of carbonyl (C=O) groups is 5. The summed E-state index contributed by atoms with van der Waals surface area (Å²) in [4.78, 5) is 73.9. The van der Waals surface area contributed by atoms with E-state index in [2.05, 4.69) is 10.6 Å². The van der Waals surface area contributed by atoms with E-state index in [0.717, 1.165) is 18.4 Å². The number of rotatable bonds is 23. The van der Waals surface area contributed by atoms with Crippen molar-refractivity contribution in [1.29, 1.82) is 0 Å². The minimum Gasteiger partial charge on any atom is -0.467 e. The van der Waals surface area contributed by atoms with Crippen LogP contribution in [0.4, 0.5) is 0 Å². The molecule has 2 rings (SSSR count). The number of nitrogens with two attached hydrogens (primary N) is 1. The van der Waals surface area contributed by atoms with Crippen LogP contribution in [0.15, 0.2) is 30.3 Å². The number of hydrogen-bond donors (Lipinski definition) is 3. The molecule has 9 atom stereocenters. The molecule has 1 aromatic rings. The monoisotopic (exact) mass is 789 g/mol. The van der Waals surface area contributed by atoms with Crippen LogP contribution in [-0.4, -0.2) is 142 Å². The molecular weight excluding hydrogens is 716 g/mol. The molecule has 0 aliphatic carbocycles. The molecule has 1 fully saturated rings. The Labute approximate surface area is 335 Å². The zero-order valence-corrected chi connectivity index (χ0v) is 36.1. The molecule has 1 heterocycles. The van der Waals surface area contributed by atoms with Crippen LogP contribution in [0.25, 0.3) is 0 Å². The molecule has 1 aliphatic rings. The number of benzene rings is 1. The van der Waals surface area contributed by atoms with Gasteiger partial charge in [0.25, 0.3) is 0 Å². The summed E-state index contributed by atoms with van der Waals surface area (Å²) < 4.78 is 17.0. The Morgan fingerprint density at radius 1 is 0.911 bits per heavy atom. The summed E-state index contributed by atoms with van der Waals surface area (Å²) in [5.41, 5.74) is 6.66. The highest BCUT2D eigenvalue weighted by molar-refractivity contribution is 5.90. The Morgan fingerprint density at radius 2 is 1.55 bits per heavy atom. The molecule has 0 aromatic heterocycles. The zero-order valence-electron chi connectivity index (χ0n) is 36.1. The van der Waals surface area contributed by atoms with E-state index in [1.54, 1.807) is 30.9 Å². The van der Waals surface area contributed by atoms with Crippen molar-refractivity contribution in [2.24, 2.45) is 29.4 Å². The number of esters is 1. The van der Waals surface area contributed by atoms with Crippen LogP contribution in [0.5, 0.6) is 0 Å². The molecule has 318 valence electrons. The second-order valence-electron chi connectivity index (χ2n) is 16.1. The number of likely N-dealkylation sites (tertiary alicyclic amines) is 1. The summed E-state index contributed by atoms with van der Waals surface area (Å²) in [5, 5.41) is 5.91. The average molecular weight is 789 g/mol. The van der Waals surface area contributed by atoms with Crippen LogP contribution >= 0.6 is 0 Å². The predicted molar refractivity (Wildman–Crippen MR) is 217 cm³/mol. The quantitative estimate of drug-likeness (QED) is 0.140. The van der Waals surface area contributed by atoms with Gasteiger partial charge in [-0.2, -0.15) is 0 Å². The van der Waals surface area contributed by atoms with Crippen LogP contribution in [-0.2, 0) is 44.6 Å². The lowest BCUT2D eigenvalue weighted by molar-refractivity contribution is -0.149. The molecule has 0 bridgehead atoms. The van der Waals surface area contributed by atoms with E-state index in [1.165, 1.54) is 14.2 Å². The van der Waals surface area contributed by atoms with Crippen LogP contribution in [0.3, 0.4) is 0 Å². The first-order valence-corrected chi connectivity index (χ1v) is 20.2. The summed E-state index contributed by atoms with van der Waals surface area (Å²) >= 11 is 0. The Balaban J connectivity index is 2.29. The Morgan fingerprint density at radius 3 is 2.07 bits per heavy atom. The number of carbonyl (C=O) groups excluding carboxylic acids is 5. The van der Waals surface area contributed by atoms with E-state index in [1.807, 2.05) is 83.8 Å². The third-order valence-corrected chi connectivity index (χ3v) is 11.4. The molecular formula is C42H72N6O8. The number of ether oxygens (including phenoxy) is 3. The number of likely N-dealkylation sites (N-methyl/N-ethyl adjacent to an activating group) is 2. The second-order valence-corrected chi connectivity index (χ2v) is 16.1. The number of nitrogens with zero attached hydrogens (tertiary/aromatic N) is 3. The van der Waals surface area contributed by atoms with E-state index in [4.69, 9.17) is 19.9 Å². The highest BCUT2D eigenvalue weighted by atomic mass is 16.5. The van der Waals surface area contributed by atoms with Crippen molar-refractivity contribution < 1.29 is 38.2 Å². The average Bonchev–Trinajstić information content (AvgIpc) is 3.65. The molecule has 56 heavy (non-hydrogen) atoms. The van der Waals surface area contributed by atoms with Gasteiger partial charge < -0.3 is 40.4 Å². The first-order chi connectivity index (χ1) is 26.5. The van der Waals surface area contributed by atoms with Crippen LogP contribution in [0.2, 0.25) is 0 Å². The summed E-state index contributed by atoms with van der Waals surface area (Å²) in [6, 6.07) is 6.33. The Kier molecular flexibility index (Phi) is 20.5. The molecule has 4 N–H and O–H groups in total. The maximum Gasteiger partial charge on any atom is 0.328 e. The fourth-order valence-electron chi connectivity index (χ4n) is 8.12. The van der Waals surface area contributed by atoms with Gasteiger partial charge in [0, 0.05) is 47.3 Å². The topological polar surface area (TPSA) is 173 Å². The Bertz CT molecular complexity index is 1400. The van der Waals surface area contributed by atoms with Gasteiger partial charge in [0.2, 0.25) is 23.6 Å². The van der Waals surface area contributed by atoms with E-state index in [-0.39, 0.29) is 54.2 Å². The fraction of sp³-hybridized carbons (Fsp3) is 0.738. The predicted octanol–water partition coefficient (Wildman–Crippen LogP) is 2.86. The van der Waals surface area contributed by atoms with Gasteiger partial charge in [0.05, 0.1) is 49.8 Å². The molecule has 1 saturated heterocycles. The lowest BCUT2D eigenvalue weighted by atomic mass is 9.89. The minimum absolute atomic E-state index is 0.00383. The third-order valence-electron chi connectivity index (χ3n) is 11.4. The van der Waals surface area contributed by atoms with E-state index < -0.39 is 54.3 Å². The molecule has 0 radical (unpaired) electrons. The molecule has 0 spiro atoms. The number of nitrogens with one attached hydrogen (secondary N) is 2. The van der Waals surface area contributed by atoms with Crippen molar-refractivity contribution in [2.45, 2.75) is 123 Å². The molecule has 14 heteroatoms. The van der Waals surface area contributed by atoms with Gasteiger partial charge in [-0.05, 0) is 43.2 Å². The summed E-state index contributed by atoms with van der Waals surface area (Å²) in [6.45, 7) is 15.0. The van der Waals surface area contributed by atoms with E-state index in [9.17, 15) is 24.0 Å². The number of hydrogen-bond acceptors (Lipinski definition) is 10. The SMILES string of the molecule is CC[C@H](C)[C@@H]([C@@H](CC(=O)N1CCC[C@H]1[C@H](OC)[C@@H](C)C(=O)N[C@@H](Cc1ccccc1)C(=O)OC)OC)N(C)C(=O)[C@@H](NC(=O)[C@H](C(C)C)N(C)CCN)C(C)C. The first-order valence-electron chi connectivity index (χ1n) is 20.2. The van der Waals surface area contributed by atoms with Crippen molar-refractivity contribution >= 4 is 29.6 Å². The van der Waals surface area contributed by atoms with Gasteiger partial charge in [0.15, 0.2) is 0 Å². The maximum absolute atomic E-state index is 14.3. The second kappa shape index (κ2) is 23.6. The molecule has 0 saturated carbocycles. The summed E-state index contributed by atoms with van der Waals surface area (Å²) in [7, 11) is 7.94. The van der Waals surface area contributed by atoms with E-state index in [0.29, 0.717) is 26.1 Å². The maximum atomic E-state index is 14.3. The molecule has 1 aromatic carbocycles. The van der Waals surface area contributed by atoms with Gasteiger partial charge >= 0.3 is 5.97 Å². The van der Waals surface area contributed by atoms with Crippen molar-refractivity contribution in [3.63, 3.8) is 0 Å². The first kappa shape index (κ1) is 48.6. The smallest absolute Gasteiger partial charge is 0.328 e. The van der Waals surface area contributed by atoms with Gasteiger partial charge in [0.1, 0.15) is 12.1 Å². The van der Waals surface area contributed by atoms with Gasteiger partial charge in [-0.25, -0.2) is 4.79 Å². The number of amides is 4. The lowest BCUT2D eigenvalue weighted by Crippen LogP contribution is -2.60. The van der Waals surface area contributed by atoms with Crippen molar-refractivity contribution in [3.8, 4) is 0 Å². The molecule has 0 unspecified atom stereocenters.